The molecule has 0 aromatic carbocycles. The Morgan fingerprint density at radius 2 is 1.51 bits per heavy atom. The number of hydrogen-bond donors (Lipinski definition) is 1. The second kappa shape index (κ2) is 9.08. The molecule has 4 aliphatic rings. The van der Waals surface area contributed by atoms with Crippen LogP contribution in [0.4, 0.5) is 0 Å². The van der Waals surface area contributed by atoms with E-state index in [1.165, 1.54) is 13.8 Å². The number of fused-ring (bicyclic) bond motifs is 5. The largest absolute Gasteiger partial charge is 0.481 e. The molecule has 4 saturated carbocycles. The summed E-state index contributed by atoms with van der Waals surface area (Å²) >= 11 is 0. The fourth-order valence-corrected chi connectivity index (χ4v) is 10.1. The van der Waals surface area contributed by atoms with Gasteiger partial charge in [-0.25, -0.2) is 0 Å². The molecule has 0 amide bonds. The van der Waals surface area contributed by atoms with E-state index in [0.29, 0.717) is 18.3 Å². The zero-order chi connectivity index (χ0) is 27.6. The van der Waals surface area contributed by atoms with Crippen molar-refractivity contribution in [1.29, 1.82) is 0 Å². The molecule has 0 radical (unpaired) electrons. The monoisotopic (exact) mass is 518 g/mol. The number of esters is 2. The second-order valence-electron chi connectivity index (χ2n) is 14.1. The molecule has 0 aromatic heterocycles. The Balaban J connectivity index is 1.66. The molecule has 208 valence electrons. The molecule has 4 aliphatic carbocycles. The predicted molar refractivity (Wildman–Crippen MR) is 137 cm³/mol. The van der Waals surface area contributed by atoms with E-state index >= 15 is 0 Å². The van der Waals surface area contributed by atoms with Gasteiger partial charge in [0.2, 0.25) is 0 Å². The van der Waals surface area contributed by atoms with E-state index in [4.69, 9.17) is 9.47 Å². The van der Waals surface area contributed by atoms with Crippen LogP contribution < -0.4 is 0 Å². The molecule has 0 bridgehead atoms. The van der Waals surface area contributed by atoms with Crippen LogP contribution in [0.2, 0.25) is 0 Å². The maximum absolute atomic E-state index is 14.2. The lowest BCUT2D eigenvalue weighted by Gasteiger charge is -2.71. The molecule has 1 N–H and O–H groups in total. The molecule has 4 fully saturated rings. The number of Topliss-reactive ketones (excluding diaryl/α,β-unsaturated/α-hetero) is 1. The zero-order valence-corrected chi connectivity index (χ0v) is 23.8. The van der Waals surface area contributed by atoms with Gasteiger partial charge in [-0.2, -0.15) is 0 Å². The average molecular weight is 519 g/mol. The van der Waals surface area contributed by atoms with Crippen LogP contribution in [0.3, 0.4) is 0 Å². The third-order valence-electron chi connectivity index (χ3n) is 12.1. The molecule has 0 heterocycles. The van der Waals surface area contributed by atoms with Gasteiger partial charge in [0.25, 0.3) is 0 Å². The standard InChI is InChI=1S/C30H46O7/c1-18(31)36-17-30(16-24(33)34)15-14-28(6)20(25(30)35)8-9-22-27(5)12-11-23(37-19(2)32)26(3,4)21(27)10-13-29(22,28)7/h20-23H,8-17H2,1-7H3,(H,33,34)/t20?,21?,22?,23?,27-,28+,29+,30-/m0/s1. The van der Waals surface area contributed by atoms with Crippen molar-refractivity contribution >= 4 is 23.7 Å². The Morgan fingerprint density at radius 3 is 2.11 bits per heavy atom. The highest BCUT2D eigenvalue weighted by atomic mass is 16.5. The van der Waals surface area contributed by atoms with Crippen molar-refractivity contribution < 1.29 is 33.8 Å². The van der Waals surface area contributed by atoms with Gasteiger partial charge in [-0.3, -0.25) is 19.2 Å². The van der Waals surface area contributed by atoms with Gasteiger partial charge in [0.05, 0.1) is 11.8 Å². The number of hydrogen-bond acceptors (Lipinski definition) is 6. The van der Waals surface area contributed by atoms with Gasteiger partial charge in [0, 0.05) is 25.2 Å². The molecule has 0 aliphatic heterocycles. The first-order valence-electron chi connectivity index (χ1n) is 14.1. The molecule has 4 rings (SSSR count). The van der Waals surface area contributed by atoms with E-state index in [-0.39, 0.29) is 58.5 Å². The molecule has 0 spiro atoms. The first-order chi connectivity index (χ1) is 17.0. The van der Waals surface area contributed by atoms with Crippen LogP contribution in [0, 0.1) is 44.8 Å². The molecule has 0 saturated heterocycles. The molecule has 4 unspecified atom stereocenters. The van der Waals surface area contributed by atoms with Crippen molar-refractivity contribution in [3.63, 3.8) is 0 Å². The van der Waals surface area contributed by atoms with Crippen molar-refractivity contribution in [3.05, 3.63) is 0 Å². The smallest absolute Gasteiger partial charge is 0.304 e. The summed E-state index contributed by atoms with van der Waals surface area (Å²) in [6.07, 6.45) is 6.38. The first kappa shape index (κ1) is 28.1. The Hall–Kier alpha value is -1.92. The van der Waals surface area contributed by atoms with Crippen LogP contribution in [0.5, 0.6) is 0 Å². The number of carboxylic acids is 1. The van der Waals surface area contributed by atoms with Gasteiger partial charge in [-0.15, -0.1) is 0 Å². The van der Waals surface area contributed by atoms with Gasteiger partial charge in [0.1, 0.15) is 18.5 Å². The maximum atomic E-state index is 14.2. The summed E-state index contributed by atoms with van der Waals surface area (Å²) < 4.78 is 11.1. The van der Waals surface area contributed by atoms with E-state index in [9.17, 15) is 24.3 Å². The number of ketones is 1. The first-order valence-corrected chi connectivity index (χ1v) is 14.1. The molecular formula is C30H46O7. The van der Waals surface area contributed by atoms with Crippen molar-refractivity contribution in [3.8, 4) is 0 Å². The summed E-state index contributed by atoms with van der Waals surface area (Å²) in [7, 11) is 0. The quantitative estimate of drug-likeness (QED) is 0.473. The summed E-state index contributed by atoms with van der Waals surface area (Å²) in [6, 6.07) is 0. The van der Waals surface area contributed by atoms with Gasteiger partial charge < -0.3 is 14.6 Å². The van der Waals surface area contributed by atoms with Gasteiger partial charge >= 0.3 is 17.9 Å². The summed E-state index contributed by atoms with van der Waals surface area (Å²) in [5.41, 5.74) is -1.48. The molecule has 0 aromatic rings. The van der Waals surface area contributed by atoms with Crippen LogP contribution in [-0.2, 0) is 28.7 Å². The number of ether oxygens (including phenoxy) is 2. The lowest BCUT2D eigenvalue weighted by atomic mass is 9.33. The van der Waals surface area contributed by atoms with Crippen LogP contribution in [0.25, 0.3) is 0 Å². The second-order valence-corrected chi connectivity index (χ2v) is 14.1. The number of carboxylic acid groups (broad SMARTS) is 1. The molecule has 7 nitrogen and oxygen atoms in total. The molecule has 7 heteroatoms. The highest BCUT2D eigenvalue weighted by molar-refractivity contribution is 5.92. The summed E-state index contributed by atoms with van der Waals surface area (Å²) in [5, 5.41) is 9.68. The molecule has 8 atom stereocenters. The third-order valence-corrected chi connectivity index (χ3v) is 12.1. The lowest BCUT2D eigenvalue weighted by molar-refractivity contribution is -0.237. The third kappa shape index (κ3) is 4.14. The van der Waals surface area contributed by atoms with E-state index in [0.717, 1.165) is 44.9 Å². The van der Waals surface area contributed by atoms with E-state index in [2.05, 4.69) is 34.6 Å². The van der Waals surface area contributed by atoms with Crippen molar-refractivity contribution in [2.24, 2.45) is 44.8 Å². The van der Waals surface area contributed by atoms with E-state index in [1.54, 1.807) is 0 Å². The Kier molecular flexibility index (Phi) is 6.90. The maximum Gasteiger partial charge on any atom is 0.304 e. The summed E-state index contributed by atoms with van der Waals surface area (Å²) in [4.78, 5) is 49.4. The predicted octanol–water partition coefficient (Wildman–Crippen LogP) is 5.58. The summed E-state index contributed by atoms with van der Waals surface area (Å²) in [6.45, 7) is 14.3. The van der Waals surface area contributed by atoms with Crippen LogP contribution >= 0.6 is 0 Å². The van der Waals surface area contributed by atoms with E-state index < -0.39 is 17.4 Å². The van der Waals surface area contributed by atoms with Crippen LogP contribution in [0.15, 0.2) is 0 Å². The van der Waals surface area contributed by atoms with Crippen molar-refractivity contribution in [2.75, 3.05) is 6.61 Å². The average Bonchev–Trinajstić information content (AvgIpc) is 2.77. The number of rotatable bonds is 5. The lowest BCUT2D eigenvalue weighted by Crippen LogP contribution is -2.67. The molecular weight excluding hydrogens is 472 g/mol. The van der Waals surface area contributed by atoms with Crippen molar-refractivity contribution in [1.82, 2.24) is 0 Å². The highest BCUT2D eigenvalue weighted by Crippen LogP contribution is 2.74. The zero-order valence-electron chi connectivity index (χ0n) is 23.8. The minimum atomic E-state index is -1.14. The number of carbonyl (C=O) groups excluding carboxylic acids is 3. The highest BCUT2D eigenvalue weighted by Gasteiger charge is 2.70. The van der Waals surface area contributed by atoms with Crippen LogP contribution in [0.1, 0.15) is 106 Å². The number of aliphatic carboxylic acids is 1. The number of carbonyl (C=O) groups is 4. The van der Waals surface area contributed by atoms with E-state index in [1.807, 2.05) is 0 Å². The van der Waals surface area contributed by atoms with Gasteiger partial charge in [-0.05, 0) is 79.4 Å². The topological polar surface area (TPSA) is 107 Å². The fraction of sp³-hybridized carbons (Fsp3) is 0.867. The Labute approximate surface area is 221 Å². The fourth-order valence-electron chi connectivity index (χ4n) is 10.1. The van der Waals surface area contributed by atoms with Gasteiger partial charge in [0.15, 0.2) is 0 Å². The Bertz CT molecular complexity index is 986. The minimum absolute atomic E-state index is 0.0178. The Morgan fingerprint density at radius 1 is 0.838 bits per heavy atom. The SMILES string of the molecule is CC(=O)OC[C@@]1(CC(=O)O)CC[C@]2(C)C(CCC3[C@@]4(C)CCC(OC(C)=O)C(C)(C)C4CC[C@]32C)C1=O. The summed E-state index contributed by atoms with van der Waals surface area (Å²) in [5.74, 6) is -1.12. The van der Waals surface area contributed by atoms with Gasteiger partial charge in [-0.1, -0.05) is 34.6 Å². The van der Waals surface area contributed by atoms with Crippen molar-refractivity contribution in [2.45, 2.75) is 112 Å². The molecule has 37 heavy (non-hydrogen) atoms. The normalized spacial score (nSPS) is 44.6. The van der Waals surface area contributed by atoms with Crippen LogP contribution in [-0.4, -0.2) is 41.5 Å². The minimum Gasteiger partial charge on any atom is -0.481 e.